The molecule has 0 aromatic rings. The number of carboxylic acid groups (broad SMARTS) is 1. The lowest BCUT2D eigenvalue weighted by Crippen LogP contribution is -2.37. The van der Waals surface area contributed by atoms with E-state index in [9.17, 15) is 4.79 Å². The summed E-state index contributed by atoms with van der Waals surface area (Å²) in [5, 5.41) is 8.75. The van der Waals surface area contributed by atoms with Crippen molar-refractivity contribution in [3.8, 4) is 0 Å². The molecule has 2 aliphatic rings. The Bertz CT molecular complexity index is 209. The topological polar surface area (TPSA) is 49.8 Å². The first-order valence-corrected chi connectivity index (χ1v) is 5.33. The first-order chi connectivity index (χ1) is 6.75. The molecular weight excluding hydrogens is 182 g/mol. The van der Waals surface area contributed by atoms with E-state index in [1.807, 2.05) is 0 Å². The van der Waals surface area contributed by atoms with Crippen LogP contribution in [0.3, 0.4) is 0 Å². The molecule has 1 heterocycles. The van der Waals surface area contributed by atoms with Crippen LogP contribution < -0.4 is 0 Å². The fourth-order valence-corrected chi connectivity index (χ4v) is 2.01. The van der Waals surface area contributed by atoms with E-state index in [-0.39, 0.29) is 12.6 Å². The van der Waals surface area contributed by atoms with Crippen LogP contribution in [0.15, 0.2) is 0 Å². The fourth-order valence-electron chi connectivity index (χ4n) is 2.01. The van der Waals surface area contributed by atoms with Crippen molar-refractivity contribution in [3.63, 3.8) is 0 Å². The van der Waals surface area contributed by atoms with Crippen LogP contribution in [0.5, 0.6) is 0 Å². The Morgan fingerprint density at radius 2 is 2.21 bits per heavy atom. The maximum absolute atomic E-state index is 10.6. The molecule has 4 heteroatoms. The molecule has 0 aromatic carbocycles. The van der Waals surface area contributed by atoms with Gasteiger partial charge in [-0.15, -0.1) is 0 Å². The molecule has 4 nitrogen and oxygen atoms in total. The molecule has 1 unspecified atom stereocenters. The van der Waals surface area contributed by atoms with Gasteiger partial charge in [0.15, 0.2) is 0 Å². The molecule has 1 N–H and O–H groups in total. The highest BCUT2D eigenvalue weighted by molar-refractivity contribution is 5.69. The summed E-state index contributed by atoms with van der Waals surface area (Å²) in [6, 6.07) is 0.510. The van der Waals surface area contributed by atoms with Crippen LogP contribution >= 0.6 is 0 Å². The SMILES string of the molecule is O=C(O)CN(CC1CCCO1)C1CC1. The van der Waals surface area contributed by atoms with Crippen molar-refractivity contribution in [1.82, 2.24) is 4.90 Å². The van der Waals surface area contributed by atoms with E-state index in [1.165, 1.54) is 0 Å². The minimum Gasteiger partial charge on any atom is -0.480 e. The minimum atomic E-state index is -0.727. The molecule has 1 aliphatic heterocycles. The van der Waals surface area contributed by atoms with E-state index in [0.717, 1.165) is 38.8 Å². The van der Waals surface area contributed by atoms with Crippen LogP contribution in [-0.4, -0.2) is 47.8 Å². The Kier molecular flexibility index (Phi) is 3.03. The normalized spacial score (nSPS) is 27.1. The van der Waals surface area contributed by atoms with Crippen LogP contribution in [0.2, 0.25) is 0 Å². The first-order valence-electron chi connectivity index (χ1n) is 5.33. The lowest BCUT2D eigenvalue weighted by Gasteiger charge is -2.22. The molecule has 1 saturated carbocycles. The molecule has 1 saturated heterocycles. The highest BCUT2D eigenvalue weighted by Crippen LogP contribution is 2.28. The van der Waals surface area contributed by atoms with Gasteiger partial charge in [0, 0.05) is 19.2 Å². The number of ether oxygens (including phenoxy) is 1. The number of rotatable bonds is 5. The van der Waals surface area contributed by atoms with Crippen LogP contribution in [0.25, 0.3) is 0 Å². The molecule has 0 amide bonds. The van der Waals surface area contributed by atoms with Crippen molar-refractivity contribution in [1.29, 1.82) is 0 Å². The van der Waals surface area contributed by atoms with E-state index in [1.54, 1.807) is 0 Å². The van der Waals surface area contributed by atoms with Crippen LogP contribution in [-0.2, 0) is 9.53 Å². The van der Waals surface area contributed by atoms with Gasteiger partial charge in [-0.05, 0) is 25.7 Å². The molecule has 0 aromatic heterocycles. The summed E-state index contributed by atoms with van der Waals surface area (Å²) in [4.78, 5) is 12.7. The Labute approximate surface area is 83.8 Å². The third kappa shape index (κ3) is 2.69. The zero-order valence-electron chi connectivity index (χ0n) is 8.32. The average molecular weight is 199 g/mol. The Morgan fingerprint density at radius 3 is 2.71 bits per heavy atom. The van der Waals surface area contributed by atoms with Crippen molar-refractivity contribution in [2.24, 2.45) is 0 Å². The van der Waals surface area contributed by atoms with Crippen LogP contribution in [0.1, 0.15) is 25.7 Å². The Morgan fingerprint density at radius 1 is 1.43 bits per heavy atom. The fraction of sp³-hybridized carbons (Fsp3) is 0.900. The third-order valence-electron chi connectivity index (χ3n) is 2.86. The molecule has 2 rings (SSSR count). The third-order valence-corrected chi connectivity index (χ3v) is 2.86. The van der Waals surface area contributed by atoms with Crippen molar-refractivity contribution in [3.05, 3.63) is 0 Å². The summed E-state index contributed by atoms with van der Waals surface area (Å²) in [7, 11) is 0. The Balaban J connectivity index is 1.80. The lowest BCUT2D eigenvalue weighted by molar-refractivity contribution is -0.138. The monoisotopic (exact) mass is 199 g/mol. The smallest absolute Gasteiger partial charge is 0.317 e. The van der Waals surface area contributed by atoms with Gasteiger partial charge in [-0.3, -0.25) is 9.69 Å². The molecule has 80 valence electrons. The maximum atomic E-state index is 10.6. The van der Waals surface area contributed by atoms with Gasteiger partial charge in [-0.25, -0.2) is 0 Å². The molecule has 14 heavy (non-hydrogen) atoms. The summed E-state index contributed by atoms with van der Waals surface area (Å²) >= 11 is 0. The van der Waals surface area contributed by atoms with Gasteiger partial charge in [0.05, 0.1) is 12.6 Å². The van der Waals surface area contributed by atoms with Gasteiger partial charge in [0.1, 0.15) is 0 Å². The second-order valence-corrected chi connectivity index (χ2v) is 4.19. The Hall–Kier alpha value is -0.610. The zero-order chi connectivity index (χ0) is 9.97. The summed E-state index contributed by atoms with van der Waals surface area (Å²) in [5.74, 6) is -0.727. The van der Waals surface area contributed by atoms with Gasteiger partial charge in [-0.1, -0.05) is 0 Å². The molecule has 0 bridgehead atoms. The second kappa shape index (κ2) is 4.28. The number of carboxylic acids is 1. The maximum Gasteiger partial charge on any atom is 0.317 e. The van der Waals surface area contributed by atoms with Crippen LogP contribution in [0, 0.1) is 0 Å². The van der Waals surface area contributed by atoms with Gasteiger partial charge >= 0.3 is 5.97 Å². The number of aliphatic carboxylic acids is 1. The molecular formula is C10H17NO3. The molecule has 2 fully saturated rings. The summed E-state index contributed by atoms with van der Waals surface area (Å²) in [6.07, 6.45) is 4.79. The predicted molar refractivity (Wildman–Crippen MR) is 51.2 cm³/mol. The summed E-state index contributed by atoms with van der Waals surface area (Å²) < 4.78 is 5.51. The molecule has 1 aliphatic carbocycles. The van der Waals surface area contributed by atoms with E-state index >= 15 is 0 Å². The first kappa shape index (κ1) is 9.93. The van der Waals surface area contributed by atoms with E-state index < -0.39 is 5.97 Å². The zero-order valence-corrected chi connectivity index (χ0v) is 8.32. The molecule has 0 radical (unpaired) electrons. The average Bonchev–Trinajstić information content (AvgIpc) is 2.85. The largest absolute Gasteiger partial charge is 0.480 e. The van der Waals surface area contributed by atoms with E-state index in [0.29, 0.717) is 6.04 Å². The molecule has 0 spiro atoms. The summed E-state index contributed by atoms with van der Waals surface area (Å²) in [5.41, 5.74) is 0. The minimum absolute atomic E-state index is 0.171. The van der Waals surface area contributed by atoms with E-state index in [2.05, 4.69) is 4.90 Å². The number of hydrogen-bond donors (Lipinski definition) is 1. The lowest BCUT2D eigenvalue weighted by atomic mass is 10.2. The van der Waals surface area contributed by atoms with Gasteiger partial charge in [0.25, 0.3) is 0 Å². The van der Waals surface area contributed by atoms with E-state index in [4.69, 9.17) is 9.84 Å². The standard InChI is InChI=1S/C10H17NO3/c12-10(13)7-11(8-3-4-8)6-9-2-1-5-14-9/h8-9H,1-7H2,(H,12,13). The van der Waals surface area contributed by atoms with Crippen molar-refractivity contribution < 1.29 is 14.6 Å². The predicted octanol–water partition coefficient (Wildman–Crippen LogP) is 0.714. The number of nitrogens with zero attached hydrogens (tertiary/aromatic N) is 1. The quantitative estimate of drug-likeness (QED) is 0.708. The summed E-state index contributed by atoms with van der Waals surface area (Å²) in [6.45, 7) is 1.82. The van der Waals surface area contributed by atoms with Crippen molar-refractivity contribution in [2.45, 2.75) is 37.8 Å². The van der Waals surface area contributed by atoms with Gasteiger partial charge in [-0.2, -0.15) is 0 Å². The van der Waals surface area contributed by atoms with Gasteiger partial charge < -0.3 is 9.84 Å². The molecule has 1 atom stereocenters. The second-order valence-electron chi connectivity index (χ2n) is 4.19. The number of hydrogen-bond acceptors (Lipinski definition) is 3. The van der Waals surface area contributed by atoms with Crippen LogP contribution in [0.4, 0.5) is 0 Å². The van der Waals surface area contributed by atoms with Gasteiger partial charge in [0.2, 0.25) is 0 Å². The van der Waals surface area contributed by atoms with Crippen molar-refractivity contribution >= 4 is 5.97 Å². The highest BCUT2D eigenvalue weighted by Gasteiger charge is 2.32. The highest BCUT2D eigenvalue weighted by atomic mass is 16.5. The van der Waals surface area contributed by atoms with Crippen molar-refractivity contribution in [2.75, 3.05) is 19.7 Å². The number of carbonyl (C=O) groups is 1.